The van der Waals surface area contributed by atoms with E-state index in [9.17, 15) is 4.39 Å². The maximum Gasteiger partial charge on any atom is 0.133 e. The molecule has 86 valence electrons. The van der Waals surface area contributed by atoms with Gasteiger partial charge in [-0.25, -0.2) is 4.39 Å². The first-order valence-electron chi connectivity index (χ1n) is 5.44. The van der Waals surface area contributed by atoms with E-state index < -0.39 is 0 Å². The molecule has 0 aliphatic carbocycles. The summed E-state index contributed by atoms with van der Waals surface area (Å²) in [5.41, 5.74) is 3.34. The van der Waals surface area contributed by atoms with Crippen LogP contribution in [0.2, 0.25) is 0 Å². The summed E-state index contributed by atoms with van der Waals surface area (Å²) in [7, 11) is 0. The number of thiophene rings is 1. The highest BCUT2D eigenvalue weighted by Crippen LogP contribution is 2.34. The summed E-state index contributed by atoms with van der Waals surface area (Å²) in [5, 5.41) is 10.8. The van der Waals surface area contributed by atoms with Gasteiger partial charge < -0.3 is 0 Å². The molecule has 0 bridgehead atoms. The largest absolute Gasteiger partial charge is 0.206 e. The molecule has 1 heterocycles. The molecule has 0 spiro atoms. The third-order valence-electron chi connectivity index (χ3n) is 2.87. The summed E-state index contributed by atoms with van der Waals surface area (Å²) in [4.78, 5) is 0.962. The highest BCUT2D eigenvalue weighted by molar-refractivity contribution is 7.14. The van der Waals surface area contributed by atoms with Crippen molar-refractivity contribution < 1.29 is 4.39 Å². The van der Waals surface area contributed by atoms with Gasteiger partial charge in [-0.15, -0.1) is 11.3 Å². The van der Waals surface area contributed by atoms with Crippen LogP contribution in [0.4, 0.5) is 4.39 Å². The maximum atomic E-state index is 13.9. The first-order chi connectivity index (χ1) is 8.17. The number of aryl methyl sites for hydroxylation is 1. The van der Waals surface area contributed by atoms with Crippen LogP contribution >= 0.6 is 11.3 Å². The molecule has 0 amide bonds. The van der Waals surface area contributed by atoms with Gasteiger partial charge in [0.2, 0.25) is 0 Å². The van der Waals surface area contributed by atoms with Crippen molar-refractivity contribution in [1.82, 2.24) is 0 Å². The zero-order valence-corrected chi connectivity index (χ0v) is 10.6. The number of nitrogens with zero attached hydrogens (tertiary/aromatic N) is 1. The van der Waals surface area contributed by atoms with Crippen LogP contribution in [0.3, 0.4) is 0 Å². The van der Waals surface area contributed by atoms with Crippen molar-refractivity contribution in [3.63, 3.8) is 0 Å². The average molecular weight is 245 g/mol. The van der Waals surface area contributed by atoms with Crippen molar-refractivity contribution in [2.24, 2.45) is 0 Å². The van der Waals surface area contributed by atoms with Crippen molar-refractivity contribution in [3.05, 3.63) is 46.1 Å². The van der Waals surface area contributed by atoms with Crippen LogP contribution in [0, 0.1) is 24.1 Å². The van der Waals surface area contributed by atoms with Crippen LogP contribution in [0.1, 0.15) is 23.6 Å². The lowest BCUT2D eigenvalue weighted by molar-refractivity contribution is 0.631. The minimum absolute atomic E-state index is 0.323. The summed E-state index contributed by atoms with van der Waals surface area (Å²) in [6.45, 7) is 4.11. The first kappa shape index (κ1) is 11.8. The molecule has 2 aromatic rings. The van der Waals surface area contributed by atoms with Gasteiger partial charge in [0.05, 0.1) is 11.6 Å². The van der Waals surface area contributed by atoms with E-state index in [1.54, 1.807) is 23.5 Å². The van der Waals surface area contributed by atoms with Crippen LogP contribution in [0.5, 0.6) is 0 Å². The zero-order valence-electron chi connectivity index (χ0n) is 9.75. The number of halogens is 1. The molecule has 0 saturated heterocycles. The average Bonchev–Trinajstić information content (AvgIpc) is 2.70. The predicted octanol–water partition coefficient (Wildman–Crippen LogP) is 4.30. The van der Waals surface area contributed by atoms with Crippen molar-refractivity contribution >= 4 is 11.3 Å². The minimum atomic E-state index is -0.323. The molecule has 0 N–H and O–H groups in total. The SMILES string of the molecule is CCc1csc(-c2ccc(C#N)cc2F)c1C. The molecule has 0 radical (unpaired) electrons. The third-order valence-corrected chi connectivity index (χ3v) is 4.03. The van der Waals surface area contributed by atoms with E-state index in [1.165, 1.54) is 11.6 Å². The Bertz CT molecular complexity index is 593. The molecule has 1 aromatic carbocycles. The van der Waals surface area contributed by atoms with E-state index >= 15 is 0 Å². The molecule has 0 aliphatic heterocycles. The van der Waals surface area contributed by atoms with Gasteiger partial charge in [0.1, 0.15) is 5.82 Å². The summed E-state index contributed by atoms with van der Waals surface area (Å²) in [6.07, 6.45) is 0.959. The van der Waals surface area contributed by atoms with E-state index in [1.807, 2.05) is 13.0 Å². The van der Waals surface area contributed by atoms with Gasteiger partial charge in [0.15, 0.2) is 0 Å². The molecule has 1 nitrogen and oxygen atoms in total. The maximum absolute atomic E-state index is 13.9. The molecule has 0 saturated carbocycles. The Morgan fingerprint density at radius 2 is 2.18 bits per heavy atom. The summed E-state index contributed by atoms with van der Waals surface area (Å²) >= 11 is 1.56. The van der Waals surface area contributed by atoms with E-state index in [2.05, 4.69) is 12.3 Å². The first-order valence-corrected chi connectivity index (χ1v) is 6.32. The van der Waals surface area contributed by atoms with Crippen LogP contribution in [0.25, 0.3) is 10.4 Å². The lowest BCUT2D eigenvalue weighted by Crippen LogP contribution is -1.87. The van der Waals surface area contributed by atoms with Crippen LogP contribution in [-0.2, 0) is 6.42 Å². The number of nitriles is 1. The van der Waals surface area contributed by atoms with Gasteiger partial charge in [0, 0.05) is 10.4 Å². The molecule has 2 rings (SSSR count). The van der Waals surface area contributed by atoms with Gasteiger partial charge in [0.25, 0.3) is 0 Å². The van der Waals surface area contributed by atoms with E-state index in [0.717, 1.165) is 16.9 Å². The standard InChI is InChI=1S/C14H12FNS/c1-3-11-8-17-14(9(11)2)12-5-4-10(7-16)6-13(12)15/h4-6,8H,3H2,1-2H3. The van der Waals surface area contributed by atoms with Gasteiger partial charge >= 0.3 is 0 Å². The summed E-state index contributed by atoms with van der Waals surface area (Å²) in [5.74, 6) is -0.323. The van der Waals surface area contributed by atoms with Crippen molar-refractivity contribution in [3.8, 4) is 16.5 Å². The van der Waals surface area contributed by atoms with Gasteiger partial charge in [-0.3, -0.25) is 0 Å². The molecule has 0 aliphatic rings. The highest BCUT2D eigenvalue weighted by atomic mass is 32.1. The number of rotatable bonds is 2. The third kappa shape index (κ3) is 2.09. The zero-order chi connectivity index (χ0) is 12.4. The minimum Gasteiger partial charge on any atom is -0.206 e. The normalized spacial score (nSPS) is 10.2. The van der Waals surface area contributed by atoms with Crippen LogP contribution in [-0.4, -0.2) is 0 Å². The van der Waals surface area contributed by atoms with Crippen molar-refractivity contribution in [1.29, 1.82) is 5.26 Å². The second-order valence-corrected chi connectivity index (χ2v) is 4.75. The fraction of sp³-hybridized carbons (Fsp3) is 0.214. The number of hydrogen-bond acceptors (Lipinski definition) is 2. The number of benzene rings is 1. The fourth-order valence-electron chi connectivity index (χ4n) is 1.84. The quantitative estimate of drug-likeness (QED) is 0.774. The summed E-state index contributed by atoms with van der Waals surface area (Å²) in [6, 6.07) is 6.58. The smallest absolute Gasteiger partial charge is 0.133 e. The van der Waals surface area contributed by atoms with E-state index in [0.29, 0.717) is 11.1 Å². The fourth-order valence-corrected chi connectivity index (χ4v) is 3.04. The van der Waals surface area contributed by atoms with Gasteiger partial charge in [-0.05, 0) is 48.1 Å². The Balaban J connectivity index is 2.54. The Hall–Kier alpha value is -1.66. The molecule has 0 fully saturated rings. The molecular formula is C14H12FNS. The van der Waals surface area contributed by atoms with Gasteiger partial charge in [-0.1, -0.05) is 6.92 Å². The topological polar surface area (TPSA) is 23.8 Å². The Morgan fingerprint density at radius 1 is 1.41 bits per heavy atom. The van der Waals surface area contributed by atoms with Crippen LogP contribution in [0.15, 0.2) is 23.6 Å². The summed E-state index contributed by atoms with van der Waals surface area (Å²) < 4.78 is 13.9. The lowest BCUT2D eigenvalue weighted by Gasteiger charge is -2.03. The van der Waals surface area contributed by atoms with Crippen molar-refractivity contribution in [2.45, 2.75) is 20.3 Å². The Morgan fingerprint density at radius 3 is 2.71 bits per heavy atom. The molecule has 1 aromatic heterocycles. The molecular weight excluding hydrogens is 233 g/mol. The highest BCUT2D eigenvalue weighted by Gasteiger charge is 2.12. The predicted molar refractivity (Wildman–Crippen MR) is 68.5 cm³/mol. The molecule has 0 unspecified atom stereocenters. The van der Waals surface area contributed by atoms with E-state index in [-0.39, 0.29) is 5.82 Å². The Labute approximate surface area is 104 Å². The second kappa shape index (κ2) is 4.68. The van der Waals surface area contributed by atoms with Crippen molar-refractivity contribution in [2.75, 3.05) is 0 Å². The monoisotopic (exact) mass is 245 g/mol. The molecule has 17 heavy (non-hydrogen) atoms. The molecule has 0 atom stereocenters. The van der Waals surface area contributed by atoms with Crippen LogP contribution < -0.4 is 0 Å². The number of hydrogen-bond donors (Lipinski definition) is 0. The second-order valence-electron chi connectivity index (χ2n) is 3.88. The Kier molecular flexibility index (Phi) is 3.26. The lowest BCUT2D eigenvalue weighted by atomic mass is 10.0. The van der Waals surface area contributed by atoms with E-state index in [4.69, 9.17) is 5.26 Å². The molecule has 3 heteroatoms. The van der Waals surface area contributed by atoms with Gasteiger partial charge in [-0.2, -0.15) is 5.26 Å².